The fourth-order valence-electron chi connectivity index (χ4n) is 1.92. The van der Waals surface area contributed by atoms with Crippen LogP contribution >= 0.6 is 0 Å². The van der Waals surface area contributed by atoms with Crippen LogP contribution in [-0.4, -0.2) is 31.7 Å². The molecule has 1 saturated carbocycles. The molecule has 82 valence electrons. The highest BCUT2D eigenvalue weighted by atomic mass is 16.2. The lowest BCUT2D eigenvalue weighted by Crippen LogP contribution is -2.45. The standard InChI is InChI=1S/C10H21N3O/c1-3-12-10(14)13-9-6-4-8(11-2)5-7-9/h8-9,11H,3-7H2,1-2H3,(H2,12,13,14). The van der Waals surface area contributed by atoms with E-state index in [1.165, 1.54) is 0 Å². The molecular formula is C10H21N3O. The summed E-state index contributed by atoms with van der Waals surface area (Å²) in [5.41, 5.74) is 0. The van der Waals surface area contributed by atoms with Gasteiger partial charge in [0.15, 0.2) is 0 Å². The molecule has 1 fully saturated rings. The van der Waals surface area contributed by atoms with Crippen LogP contribution in [0.5, 0.6) is 0 Å². The van der Waals surface area contributed by atoms with Gasteiger partial charge in [-0.15, -0.1) is 0 Å². The molecule has 0 saturated heterocycles. The van der Waals surface area contributed by atoms with Crippen molar-refractivity contribution in [2.75, 3.05) is 13.6 Å². The molecule has 0 aliphatic heterocycles. The van der Waals surface area contributed by atoms with Gasteiger partial charge in [0.2, 0.25) is 0 Å². The Morgan fingerprint density at radius 1 is 1.21 bits per heavy atom. The second kappa shape index (κ2) is 5.86. The van der Waals surface area contributed by atoms with Crippen molar-refractivity contribution in [2.24, 2.45) is 0 Å². The highest BCUT2D eigenvalue weighted by Crippen LogP contribution is 2.17. The number of hydrogen-bond acceptors (Lipinski definition) is 2. The number of amides is 2. The van der Waals surface area contributed by atoms with Gasteiger partial charge in [-0.3, -0.25) is 0 Å². The zero-order valence-electron chi connectivity index (χ0n) is 9.10. The first-order chi connectivity index (χ1) is 6.76. The van der Waals surface area contributed by atoms with Crippen molar-refractivity contribution < 1.29 is 4.79 Å². The van der Waals surface area contributed by atoms with Crippen LogP contribution in [0.4, 0.5) is 4.79 Å². The quantitative estimate of drug-likeness (QED) is 0.631. The number of urea groups is 1. The van der Waals surface area contributed by atoms with Gasteiger partial charge < -0.3 is 16.0 Å². The van der Waals surface area contributed by atoms with Gasteiger partial charge in [0.1, 0.15) is 0 Å². The summed E-state index contributed by atoms with van der Waals surface area (Å²) in [5, 5.41) is 9.01. The van der Waals surface area contributed by atoms with Gasteiger partial charge in [-0.25, -0.2) is 4.79 Å². The van der Waals surface area contributed by atoms with Gasteiger partial charge in [0.25, 0.3) is 0 Å². The minimum atomic E-state index is -0.0274. The predicted molar refractivity (Wildman–Crippen MR) is 57.3 cm³/mol. The fraction of sp³-hybridized carbons (Fsp3) is 0.900. The number of carbonyl (C=O) groups is 1. The molecule has 1 aliphatic carbocycles. The monoisotopic (exact) mass is 199 g/mol. The second-order valence-electron chi connectivity index (χ2n) is 3.84. The average Bonchev–Trinajstić information content (AvgIpc) is 2.19. The van der Waals surface area contributed by atoms with Crippen LogP contribution in [-0.2, 0) is 0 Å². The molecule has 0 aromatic carbocycles. The van der Waals surface area contributed by atoms with E-state index >= 15 is 0 Å². The van der Waals surface area contributed by atoms with Crippen molar-refractivity contribution in [3.63, 3.8) is 0 Å². The molecule has 1 aliphatic rings. The van der Waals surface area contributed by atoms with Crippen molar-refractivity contribution >= 4 is 6.03 Å². The number of hydrogen-bond donors (Lipinski definition) is 3. The molecule has 0 spiro atoms. The average molecular weight is 199 g/mol. The van der Waals surface area contributed by atoms with Crippen LogP contribution in [0.2, 0.25) is 0 Å². The Labute approximate surface area is 85.8 Å². The summed E-state index contributed by atoms with van der Waals surface area (Å²) >= 11 is 0. The van der Waals surface area contributed by atoms with E-state index in [0.717, 1.165) is 25.7 Å². The van der Waals surface area contributed by atoms with Crippen LogP contribution in [0.25, 0.3) is 0 Å². The Morgan fingerprint density at radius 2 is 1.79 bits per heavy atom. The highest BCUT2D eigenvalue weighted by Gasteiger charge is 2.20. The van der Waals surface area contributed by atoms with E-state index in [1.54, 1.807) is 0 Å². The summed E-state index contributed by atoms with van der Waals surface area (Å²) in [5.74, 6) is 0. The second-order valence-corrected chi connectivity index (χ2v) is 3.84. The number of carbonyl (C=O) groups excluding carboxylic acids is 1. The molecule has 1 rings (SSSR count). The largest absolute Gasteiger partial charge is 0.338 e. The van der Waals surface area contributed by atoms with Gasteiger partial charge in [-0.2, -0.15) is 0 Å². The first kappa shape index (κ1) is 11.3. The van der Waals surface area contributed by atoms with Gasteiger partial charge in [-0.1, -0.05) is 0 Å². The molecule has 0 aromatic heterocycles. The lowest BCUT2D eigenvalue weighted by atomic mass is 9.91. The molecule has 0 unspecified atom stereocenters. The molecule has 0 heterocycles. The molecule has 2 amide bonds. The van der Waals surface area contributed by atoms with Gasteiger partial charge in [0, 0.05) is 18.6 Å². The molecule has 3 N–H and O–H groups in total. The summed E-state index contributed by atoms with van der Waals surface area (Å²) in [6.07, 6.45) is 4.49. The Bertz CT molecular complexity index is 176. The first-order valence-electron chi connectivity index (χ1n) is 5.48. The Hall–Kier alpha value is -0.770. The van der Waals surface area contributed by atoms with E-state index in [4.69, 9.17) is 0 Å². The van der Waals surface area contributed by atoms with Crippen LogP contribution in [0.3, 0.4) is 0 Å². The summed E-state index contributed by atoms with van der Waals surface area (Å²) in [7, 11) is 2.00. The first-order valence-corrected chi connectivity index (χ1v) is 5.48. The third kappa shape index (κ3) is 3.54. The minimum Gasteiger partial charge on any atom is -0.338 e. The Morgan fingerprint density at radius 3 is 2.29 bits per heavy atom. The maximum Gasteiger partial charge on any atom is 0.314 e. The van der Waals surface area contributed by atoms with Gasteiger partial charge in [0.05, 0.1) is 0 Å². The van der Waals surface area contributed by atoms with E-state index in [-0.39, 0.29) is 6.03 Å². The molecule has 0 radical (unpaired) electrons. The van der Waals surface area contributed by atoms with Crippen LogP contribution in [0, 0.1) is 0 Å². The molecule has 0 bridgehead atoms. The third-order valence-electron chi connectivity index (χ3n) is 2.81. The lowest BCUT2D eigenvalue weighted by molar-refractivity contribution is 0.230. The summed E-state index contributed by atoms with van der Waals surface area (Å²) in [6, 6.07) is 0.980. The maximum absolute atomic E-state index is 11.2. The number of nitrogens with one attached hydrogen (secondary N) is 3. The normalized spacial score (nSPS) is 27.0. The molecule has 4 nitrogen and oxygen atoms in total. The zero-order valence-corrected chi connectivity index (χ0v) is 9.10. The lowest BCUT2D eigenvalue weighted by Gasteiger charge is -2.28. The van der Waals surface area contributed by atoms with Crippen molar-refractivity contribution in [1.29, 1.82) is 0 Å². The smallest absolute Gasteiger partial charge is 0.314 e. The van der Waals surface area contributed by atoms with Crippen molar-refractivity contribution in [3.8, 4) is 0 Å². The van der Waals surface area contributed by atoms with Gasteiger partial charge in [-0.05, 0) is 39.7 Å². The summed E-state index contributed by atoms with van der Waals surface area (Å²) in [6.45, 7) is 2.62. The fourth-order valence-corrected chi connectivity index (χ4v) is 1.92. The van der Waals surface area contributed by atoms with E-state index in [9.17, 15) is 4.79 Å². The topological polar surface area (TPSA) is 53.2 Å². The molecule has 0 aromatic rings. The molecule has 14 heavy (non-hydrogen) atoms. The van der Waals surface area contributed by atoms with E-state index in [2.05, 4.69) is 16.0 Å². The van der Waals surface area contributed by atoms with Gasteiger partial charge >= 0.3 is 6.03 Å². The SMILES string of the molecule is CCNC(=O)NC1CCC(NC)CC1. The van der Waals surface area contributed by atoms with Crippen LogP contribution < -0.4 is 16.0 Å². The Kier molecular flexibility index (Phi) is 4.73. The zero-order chi connectivity index (χ0) is 10.4. The summed E-state index contributed by atoms with van der Waals surface area (Å²) < 4.78 is 0. The molecule has 4 heteroatoms. The Balaban J connectivity index is 2.18. The summed E-state index contributed by atoms with van der Waals surface area (Å²) in [4.78, 5) is 11.2. The van der Waals surface area contributed by atoms with E-state index in [0.29, 0.717) is 18.6 Å². The van der Waals surface area contributed by atoms with Crippen molar-refractivity contribution in [3.05, 3.63) is 0 Å². The van der Waals surface area contributed by atoms with E-state index in [1.807, 2.05) is 14.0 Å². The highest BCUT2D eigenvalue weighted by molar-refractivity contribution is 5.74. The molecule has 0 atom stereocenters. The third-order valence-corrected chi connectivity index (χ3v) is 2.81. The maximum atomic E-state index is 11.2. The van der Waals surface area contributed by atoms with Crippen molar-refractivity contribution in [1.82, 2.24) is 16.0 Å². The molecular weight excluding hydrogens is 178 g/mol. The van der Waals surface area contributed by atoms with Crippen LogP contribution in [0.1, 0.15) is 32.6 Å². The van der Waals surface area contributed by atoms with Crippen LogP contribution in [0.15, 0.2) is 0 Å². The minimum absolute atomic E-state index is 0.0274. The van der Waals surface area contributed by atoms with Crippen molar-refractivity contribution in [2.45, 2.75) is 44.7 Å². The number of rotatable bonds is 3. The van der Waals surface area contributed by atoms with E-state index < -0.39 is 0 Å². The predicted octanol–water partition coefficient (Wildman–Crippen LogP) is 0.836.